The second-order valence-electron chi connectivity index (χ2n) is 5.01. The van der Waals surface area contributed by atoms with Crippen LogP contribution in [-0.2, 0) is 11.3 Å². The summed E-state index contributed by atoms with van der Waals surface area (Å²) in [7, 11) is 1.68. The van der Waals surface area contributed by atoms with E-state index in [1.807, 2.05) is 38.1 Å². The molecular weight excluding hydrogens is 266 g/mol. The van der Waals surface area contributed by atoms with Crippen LogP contribution >= 0.6 is 0 Å². The number of benzene rings is 1. The quantitative estimate of drug-likeness (QED) is 0.559. The summed E-state index contributed by atoms with van der Waals surface area (Å²) in [5.74, 6) is 7.70. The second kappa shape index (κ2) is 7.01. The number of anilines is 3. The van der Waals surface area contributed by atoms with Crippen LogP contribution in [0.25, 0.3) is 0 Å². The van der Waals surface area contributed by atoms with E-state index >= 15 is 0 Å². The molecule has 0 saturated carbocycles. The van der Waals surface area contributed by atoms with Crippen LogP contribution < -0.4 is 16.6 Å². The average molecular weight is 287 g/mol. The number of nitrogens with one attached hydrogen (secondary N) is 2. The predicted molar refractivity (Wildman–Crippen MR) is 84.4 cm³/mol. The number of rotatable bonds is 6. The minimum atomic E-state index is 0.216. The van der Waals surface area contributed by atoms with Crippen molar-refractivity contribution in [1.29, 1.82) is 0 Å². The molecule has 0 unspecified atom stereocenters. The summed E-state index contributed by atoms with van der Waals surface area (Å²) in [6.07, 6.45) is 0. The van der Waals surface area contributed by atoms with Gasteiger partial charge in [-0.2, -0.15) is 0 Å². The third kappa shape index (κ3) is 3.90. The first-order valence-corrected chi connectivity index (χ1v) is 6.83. The van der Waals surface area contributed by atoms with E-state index in [0.29, 0.717) is 18.2 Å². The van der Waals surface area contributed by atoms with Crippen LogP contribution in [0.1, 0.15) is 31.2 Å². The first-order chi connectivity index (χ1) is 10.1. The first kappa shape index (κ1) is 15.2. The standard InChI is InChI=1S/C15H21N5O/c1-10(2)15-18-13(8-14(19-15)20-16)17-12-7-5-4-6-11(12)9-21-3/h4-8,10H,9,16H2,1-3H3,(H2,17,18,19,20). The van der Waals surface area contributed by atoms with E-state index in [4.69, 9.17) is 10.6 Å². The van der Waals surface area contributed by atoms with Crippen molar-refractivity contribution >= 4 is 17.3 Å². The summed E-state index contributed by atoms with van der Waals surface area (Å²) in [4.78, 5) is 8.86. The highest BCUT2D eigenvalue weighted by molar-refractivity contribution is 5.62. The van der Waals surface area contributed by atoms with Crippen LogP contribution in [0.2, 0.25) is 0 Å². The van der Waals surface area contributed by atoms with Gasteiger partial charge in [0.2, 0.25) is 0 Å². The largest absolute Gasteiger partial charge is 0.380 e. The van der Waals surface area contributed by atoms with Crippen LogP contribution in [0, 0.1) is 0 Å². The maximum absolute atomic E-state index is 5.47. The molecule has 4 N–H and O–H groups in total. The highest BCUT2D eigenvalue weighted by Gasteiger charge is 2.09. The molecule has 0 bridgehead atoms. The van der Waals surface area contributed by atoms with Gasteiger partial charge in [-0.3, -0.25) is 0 Å². The lowest BCUT2D eigenvalue weighted by atomic mass is 10.2. The number of hydrogen-bond acceptors (Lipinski definition) is 6. The van der Waals surface area contributed by atoms with Gasteiger partial charge in [0.1, 0.15) is 17.5 Å². The molecule has 1 aromatic heterocycles. The van der Waals surface area contributed by atoms with E-state index in [0.717, 1.165) is 17.1 Å². The maximum atomic E-state index is 5.47. The van der Waals surface area contributed by atoms with Crippen molar-refractivity contribution in [3.63, 3.8) is 0 Å². The molecule has 0 fully saturated rings. The summed E-state index contributed by atoms with van der Waals surface area (Å²) in [6, 6.07) is 9.72. The van der Waals surface area contributed by atoms with Gasteiger partial charge in [-0.1, -0.05) is 32.0 Å². The molecular formula is C15H21N5O. The third-order valence-electron chi connectivity index (χ3n) is 2.99. The van der Waals surface area contributed by atoms with E-state index < -0.39 is 0 Å². The zero-order valence-electron chi connectivity index (χ0n) is 12.6. The Morgan fingerprint density at radius 3 is 2.57 bits per heavy atom. The molecule has 0 atom stereocenters. The minimum absolute atomic E-state index is 0.216. The Balaban J connectivity index is 2.32. The van der Waals surface area contributed by atoms with E-state index in [2.05, 4.69) is 20.7 Å². The Morgan fingerprint density at radius 2 is 1.90 bits per heavy atom. The number of nitrogens with zero attached hydrogens (tertiary/aromatic N) is 2. The molecule has 1 heterocycles. The molecule has 0 amide bonds. The summed E-state index contributed by atoms with van der Waals surface area (Å²) < 4.78 is 5.21. The SMILES string of the molecule is COCc1ccccc1Nc1cc(NN)nc(C(C)C)n1. The molecule has 0 saturated heterocycles. The number of hydrazine groups is 1. The van der Waals surface area contributed by atoms with Crippen molar-refractivity contribution in [2.45, 2.75) is 26.4 Å². The number of methoxy groups -OCH3 is 1. The normalized spacial score (nSPS) is 10.7. The molecule has 0 aliphatic carbocycles. The van der Waals surface area contributed by atoms with Crippen molar-refractivity contribution < 1.29 is 4.74 Å². The van der Waals surface area contributed by atoms with Gasteiger partial charge in [-0.25, -0.2) is 15.8 Å². The van der Waals surface area contributed by atoms with Crippen molar-refractivity contribution in [2.24, 2.45) is 5.84 Å². The Bertz CT molecular complexity index is 600. The Labute approximate surface area is 124 Å². The average Bonchev–Trinajstić information content (AvgIpc) is 2.49. The number of nitrogens with two attached hydrogens (primary N) is 1. The van der Waals surface area contributed by atoms with E-state index in [9.17, 15) is 0 Å². The van der Waals surface area contributed by atoms with Gasteiger partial charge in [0.25, 0.3) is 0 Å². The topological polar surface area (TPSA) is 85.1 Å². The number of ether oxygens (including phenoxy) is 1. The summed E-state index contributed by atoms with van der Waals surface area (Å²) in [5, 5.41) is 3.30. The molecule has 0 aliphatic rings. The fourth-order valence-corrected chi connectivity index (χ4v) is 1.92. The monoisotopic (exact) mass is 287 g/mol. The minimum Gasteiger partial charge on any atom is -0.380 e. The maximum Gasteiger partial charge on any atom is 0.145 e. The predicted octanol–water partition coefficient (Wildman–Crippen LogP) is 2.78. The zero-order valence-corrected chi connectivity index (χ0v) is 12.6. The molecule has 2 aromatic rings. The molecule has 0 spiro atoms. The molecule has 0 radical (unpaired) electrons. The Hall–Kier alpha value is -2.18. The summed E-state index contributed by atoms with van der Waals surface area (Å²) in [5.41, 5.74) is 4.59. The number of para-hydroxylation sites is 1. The van der Waals surface area contributed by atoms with Gasteiger partial charge in [0.05, 0.1) is 6.61 Å². The summed E-state index contributed by atoms with van der Waals surface area (Å²) in [6.45, 7) is 4.61. The fraction of sp³-hybridized carbons (Fsp3) is 0.333. The highest BCUT2D eigenvalue weighted by Crippen LogP contribution is 2.23. The van der Waals surface area contributed by atoms with E-state index in [-0.39, 0.29) is 5.92 Å². The van der Waals surface area contributed by atoms with Gasteiger partial charge < -0.3 is 15.5 Å². The zero-order chi connectivity index (χ0) is 15.2. The van der Waals surface area contributed by atoms with Crippen LogP contribution in [-0.4, -0.2) is 17.1 Å². The van der Waals surface area contributed by atoms with Crippen LogP contribution in [0.4, 0.5) is 17.3 Å². The van der Waals surface area contributed by atoms with Crippen LogP contribution in [0.15, 0.2) is 30.3 Å². The lowest BCUT2D eigenvalue weighted by Gasteiger charge is -2.13. The molecule has 6 heteroatoms. The van der Waals surface area contributed by atoms with Gasteiger partial charge >= 0.3 is 0 Å². The molecule has 21 heavy (non-hydrogen) atoms. The smallest absolute Gasteiger partial charge is 0.145 e. The lowest BCUT2D eigenvalue weighted by Crippen LogP contribution is -2.12. The second-order valence-corrected chi connectivity index (χ2v) is 5.01. The molecule has 112 valence electrons. The van der Waals surface area contributed by atoms with E-state index in [1.54, 1.807) is 13.2 Å². The molecule has 1 aromatic carbocycles. The number of aromatic nitrogens is 2. The third-order valence-corrected chi connectivity index (χ3v) is 2.99. The van der Waals surface area contributed by atoms with Crippen LogP contribution in [0.3, 0.4) is 0 Å². The van der Waals surface area contributed by atoms with Gasteiger partial charge in [-0.15, -0.1) is 0 Å². The first-order valence-electron chi connectivity index (χ1n) is 6.83. The molecule has 2 rings (SSSR count). The van der Waals surface area contributed by atoms with Crippen molar-refractivity contribution in [2.75, 3.05) is 17.9 Å². The molecule has 6 nitrogen and oxygen atoms in total. The van der Waals surface area contributed by atoms with Crippen molar-refractivity contribution in [1.82, 2.24) is 9.97 Å². The summed E-state index contributed by atoms with van der Waals surface area (Å²) >= 11 is 0. The van der Waals surface area contributed by atoms with Gasteiger partial charge in [0.15, 0.2) is 0 Å². The van der Waals surface area contributed by atoms with Crippen molar-refractivity contribution in [3.8, 4) is 0 Å². The fourth-order valence-electron chi connectivity index (χ4n) is 1.92. The van der Waals surface area contributed by atoms with Crippen LogP contribution in [0.5, 0.6) is 0 Å². The highest BCUT2D eigenvalue weighted by atomic mass is 16.5. The van der Waals surface area contributed by atoms with Gasteiger partial charge in [0, 0.05) is 30.3 Å². The Morgan fingerprint density at radius 1 is 1.19 bits per heavy atom. The number of nitrogen functional groups attached to an aromatic ring is 1. The van der Waals surface area contributed by atoms with Gasteiger partial charge in [-0.05, 0) is 6.07 Å². The lowest BCUT2D eigenvalue weighted by molar-refractivity contribution is 0.185. The molecule has 0 aliphatic heterocycles. The Kier molecular flexibility index (Phi) is 5.08. The number of hydrogen-bond donors (Lipinski definition) is 3. The van der Waals surface area contributed by atoms with Crippen molar-refractivity contribution in [3.05, 3.63) is 41.7 Å². The van der Waals surface area contributed by atoms with E-state index in [1.165, 1.54) is 0 Å².